The number of carbonyl (C=O) groups is 1. The van der Waals surface area contributed by atoms with E-state index in [0.717, 1.165) is 24.9 Å². The molecule has 0 bridgehead atoms. The van der Waals surface area contributed by atoms with Crippen molar-refractivity contribution in [2.45, 2.75) is 45.2 Å². The van der Waals surface area contributed by atoms with Gasteiger partial charge >= 0.3 is 0 Å². The molecular weight excluding hydrogens is 224 g/mol. The Bertz CT molecular complexity index is 393. The smallest absolute Gasteiger partial charge is 0.237 e. The van der Waals surface area contributed by atoms with Gasteiger partial charge < -0.3 is 10.6 Å². The number of hydrogen-bond acceptors (Lipinski definition) is 2. The second kappa shape index (κ2) is 6.01. The monoisotopic (exact) mass is 246 g/mol. The van der Waals surface area contributed by atoms with Gasteiger partial charge in [0.25, 0.3) is 0 Å². The van der Waals surface area contributed by atoms with Gasteiger partial charge in [-0.1, -0.05) is 36.2 Å². The number of hydrogen-bond donors (Lipinski definition) is 2. The van der Waals surface area contributed by atoms with Crippen LogP contribution in [0.4, 0.5) is 0 Å². The molecule has 1 aromatic rings. The van der Waals surface area contributed by atoms with Crippen LogP contribution in [0, 0.1) is 6.92 Å². The molecule has 18 heavy (non-hydrogen) atoms. The van der Waals surface area contributed by atoms with E-state index in [-0.39, 0.29) is 18.0 Å². The van der Waals surface area contributed by atoms with E-state index in [4.69, 9.17) is 0 Å². The first-order valence-corrected chi connectivity index (χ1v) is 6.77. The molecule has 98 valence electrons. The van der Waals surface area contributed by atoms with Crippen LogP contribution in [0.25, 0.3) is 0 Å². The summed E-state index contributed by atoms with van der Waals surface area (Å²) in [7, 11) is 0. The second-order valence-electron chi connectivity index (χ2n) is 5.14. The van der Waals surface area contributed by atoms with E-state index in [1.54, 1.807) is 0 Å². The standard InChI is InChI=1S/C15H22N2O/c1-11-6-8-13(9-7-11)12(2)17-15(18)14-5-3-4-10-16-14/h6-9,12,14,16H,3-5,10H2,1-2H3,(H,17,18)/t12-,14?/m0/s1. The first kappa shape index (κ1) is 13.1. The van der Waals surface area contributed by atoms with E-state index in [9.17, 15) is 4.79 Å². The molecule has 0 aliphatic carbocycles. The van der Waals surface area contributed by atoms with Crippen molar-refractivity contribution >= 4 is 5.91 Å². The van der Waals surface area contributed by atoms with Gasteiger partial charge in [0.15, 0.2) is 0 Å². The van der Waals surface area contributed by atoms with E-state index in [0.29, 0.717) is 0 Å². The number of carbonyl (C=O) groups excluding carboxylic acids is 1. The van der Waals surface area contributed by atoms with E-state index in [2.05, 4.69) is 41.8 Å². The van der Waals surface area contributed by atoms with Crippen LogP contribution in [-0.2, 0) is 4.79 Å². The topological polar surface area (TPSA) is 41.1 Å². The highest BCUT2D eigenvalue weighted by atomic mass is 16.2. The summed E-state index contributed by atoms with van der Waals surface area (Å²) in [4.78, 5) is 12.1. The Labute approximate surface area is 109 Å². The molecule has 1 unspecified atom stereocenters. The predicted molar refractivity (Wildman–Crippen MR) is 73.4 cm³/mol. The normalized spacial score (nSPS) is 21.3. The molecule has 0 aromatic heterocycles. The van der Waals surface area contributed by atoms with Crippen LogP contribution in [0.2, 0.25) is 0 Å². The summed E-state index contributed by atoms with van der Waals surface area (Å²) in [5, 5.41) is 6.36. The lowest BCUT2D eigenvalue weighted by atomic mass is 10.0. The number of amides is 1. The summed E-state index contributed by atoms with van der Waals surface area (Å²) in [5.41, 5.74) is 2.40. The third-order valence-corrected chi connectivity index (χ3v) is 3.56. The minimum Gasteiger partial charge on any atom is -0.348 e. The van der Waals surface area contributed by atoms with Crippen molar-refractivity contribution in [3.8, 4) is 0 Å². The molecule has 3 nitrogen and oxygen atoms in total. The molecule has 1 aromatic carbocycles. The summed E-state index contributed by atoms with van der Waals surface area (Å²) < 4.78 is 0. The number of nitrogens with one attached hydrogen (secondary N) is 2. The Morgan fingerprint density at radius 2 is 2.06 bits per heavy atom. The summed E-state index contributed by atoms with van der Waals surface area (Å²) in [6.45, 7) is 5.06. The highest BCUT2D eigenvalue weighted by Crippen LogP contribution is 2.14. The van der Waals surface area contributed by atoms with Crippen molar-refractivity contribution in [1.82, 2.24) is 10.6 Å². The van der Waals surface area contributed by atoms with Crippen molar-refractivity contribution in [1.29, 1.82) is 0 Å². The highest BCUT2D eigenvalue weighted by molar-refractivity contribution is 5.82. The summed E-state index contributed by atoms with van der Waals surface area (Å²) in [6.07, 6.45) is 3.27. The molecule has 1 heterocycles. The lowest BCUT2D eigenvalue weighted by Gasteiger charge is -2.24. The van der Waals surface area contributed by atoms with Crippen LogP contribution in [0.3, 0.4) is 0 Å². The largest absolute Gasteiger partial charge is 0.348 e. The molecule has 0 radical (unpaired) electrons. The van der Waals surface area contributed by atoms with E-state index >= 15 is 0 Å². The van der Waals surface area contributed by atoms with Crippen molar-refractivity contribution < 1.29 is 4.79 Å². The van der Waals surface area contributed by atoms with Crippen molar-refractivity contribution in [2.75, 3.05) is 6.54 Å². The number of aryl methyl sites for hydroxylation is 1. The maximum absolute atomic E-state index is 12.1. The van der Waals surface area contributed by atoms with Crippen LogP contribution in [0.15, 0.2) is 24.3 Å². The van der Waals surface area contributed by atoms with Crippen molar-refractivity contribution in [3.05, 3.63) is 35.4 Å². The summed E-state index contributed by atoms with van der Waals surface area (Å²) in [5.74, 6) is 0.128. The van der Waals surface area contributed by atoms with Gasteiger partial charge in [-0.25, -0.2) is 0 Å². The maximum Gasteiger partial charge on any atom is 0.237 e. The lowest BCUT2D eigenvalue weighted by Crippen LogP contribution is -2.47. The van der Waals surface area contributed by atoms with Gasteiger partial charge in [-0.2, -0.15) is 0 Å². The van der Waals surface area contributed by atoms with E-state index < -0.39 is 0 Å². The molecule has 1 fully saturated rings. The van der Waals surface area contributed by atoms with Gasteiger partial charge in [0, 0.05) is 0 Å². The van der Waals surface area contributed by atoms with Crippen LogP contribution in [0.1, 0.15) is 43.4 Å². The third kappa shape index (κ3) is 3.33. The molecule has 0 spiro atoms. The van der Waals surface area contributed by atoms with E-state index in [1.807, 2.05) is 6.92 Å². The number of rotatable bonds is 3. The molecule has 1 amide bonds. The van der Waals surface area contributed by atoms with Crippen LogP contribution < -0.4 is 10.6 Å². The van der Waals surface area contributed by atoms with Crippen molar-refractivity contribution in [3.63, 3.8) is 0 Å². The fourth-order valence-electron chi connectivity index (χ4n) is 2.33. The molecule has 3 heteroatoms. The van der Waals surface area contributed by atoms with Crippen LogP contribution >= 0.6 is 0 Å². The second-order valence-corrected chi connectivity index (χ2v) is 5.14. The van der Waals surface area contributed by atoms with E-state index in [1.165, 1.54) is 12.0 Å². The average molecular weight is 246 g/mol. The third-order valence-electron chi connectivity index (χ3n) is 3.56. The SMILES string of the molecule is Cc1ccc([C@H](C)NC(=O)C2CCCCN2)cc1. The van der Waals surface area contributed by atoms with Gasteiger partial charge in [-0.3, -0.25) is 4.79 Å². The molecule has 2 rings (SSSR count). The zero-order valence-corrected chi connectivity index (χ0v) is 11.2. The summed E-state index contributed by atoms with van der Waals surface area (Å²) in [6, 6.07) is 8.38. The Kier molecular flexibility index (Phi) is 4.37. The van der Waals surface area contributed by atoms with Gasteiger partial charge in [0.1, 0.15) is 0 Å². The van der Waals surface area contributed by atoms with Gasteiger partial charge in [0.05, 0.1) is 12.1 Å². The number of benzene rings is 1. The Hall–Kier alpha value is -1.35. The first-order valence-electron chi connectivity index (χ1n) is 6.77. The van der Waals surface area contributed by atoms with Crippen LogP contribution in [-0.4, -0.2) is 18.5 Å². The molecule has 1 aliphatic rings. The van der Waals surface area contributed by atoms with Crippen molar-refractivity contribution in [2.24, 2.45) is 0 Å². The van der Waals surface area contributed by atoms with Gasteiger partial charge in [-0.15, -0.1) is 0 Å². The van der Waals surface area contributed by atoms with Gasteiger partial charge in [-0.05, 0) is 38.8 Å². The molecule has 0 saturated carbocycles. The minimum atomic E-state index is -0.00773. The highest BCUT2D eigenvalue weighted by Gasteiger charge is 2.21. The Balaban J connectivity index is 1.91. The number of piperidine rings is 1. The molecule has 2 N–H and O–H groups in total. The average Bonchev–Trinajstić information content (AvgIpc) is 2.40. The van der Waals surface area contributed by atoms with Gasteiger partial charge in [0.2, 0.25) is 5.91 Å². The molecule has 1 saturated heterocycles. The molecular formula is C15H22N2O. The predicted octanol–water partition coefficient (Wildman–Crippen LogP) is 2.31. The molecule has 2 atom stereocenters. The molecule has 1 aliphatic heterocycles. The van der Waals surface area contributed by atoms with Crippen LogP contribution in [0.5, 0.6) is 0 Å². The minimum absolute atomic E-state index is 0.00773. The Morgan fingerprint density at radius 1 is 1.33 bits per heavy atom. The first-order chi connectivity index (χ1) is 8.66. The lowest BCUT2D eigenvalue weighted by molar-refractivity contribution is -0.124. The quantitative estimate of drug-likeness (QED) is 0.859. The zero-order chi connectivity index (χ0) is 13.0. The Morgan fingerprint density at radius 3 is 2.67 bits per heavy atom. The summed E-state index contributed by atoms with van der Waals surface area (Å²) >= 11 is 0. The fraction of sp³-hybridized carbons (Fsp3) is 0.533. The zero-order valence-electron chi connectivity index (χ0n) is 11.2. The fourth-order valence-corrected chi connectivity index (χ4v) is 2.33. The maximum atomic E-state index is 12.1.